The predicted octanol–water partition coefficient (Wildman–Crippen LogP) is -1.29. The fourth-order valence-electron chi connectivity index (χ4n) is 0.792. The van der Waals surface area contributed by atoms with E-state index in [0.29, 0.717) is 6.61 Å². The zero-order valence-electron chi connectivity index (χ0n) is 5.85. The predicted molar refractivity (Wildman–Crippen MR) is 38.5 cm³/mol. The SMILES string of the molecule is O[C@@H]([C@H](O)CCl)[C@H](O)C1CO1. The lowest BCUT2D eigenvalue weighted by molar-refractivity contribution is -0.0594. The van der Waals surface area contributed by atoms with Crippen molar-refractivity contribution in [3.05, 3.63) is 0 Å². The quantitative estimate of drug-likeness (QED) is 0.374. The van der Waals surface area contributed by atoms with E-state index in [9.17, 15) is 0 Å². The first-order valence-electron chi connectivity index (χ1n) is 3.38. The molecule has 1 fully saturated rings. The average Bonchev–Trinajstić information content (AvgIpc) is 2.82. The molecule has 3 N–H and O–H groups in total. The maximum absolute atomic E-state index is 9.17. The lowest BCUT2D eigenvalue weighted by atomic mass is 10.1. The van der Waals surface area contributed by atoms with Crippen LogP contribution in [0.4, 0.5) is 0 Å². The third-order valence-electron chi connectivity index (χ3n) is 1.64. The van der Waals surface area contributed by atoms with Crippen molar-refractivity contribution in [1.29, 1.82) is 0 Å². The Kier molecular flexibility index (Phi) is 3.09. The van der Waals surface area contributed by atoms with Crippen molar-refractivity contribution >= 4 is 11.6 Å². The van der Waals surface area contributed by atoms with E-state index in [2.05, 4.69) is 0 Å². The Morgan fingerprint density at radius 3 is 2.36 bits per heavy atom. The van der Waals surface area contributed by atoms with Crippen molar-refractivity contribution in [3.8, 4) is 0 Å². The first kappa shape index (κ1) is 9.22. The molecular weight excluding hydrogens is 172 g/mol. The van der Waals surface area contributed by atoms with Crippen molar-refractivity contribution in [1.82, 2.24) is 0 Å². The highest BCUT2D eigenvalue weighted by Crippen LogP contribution is 2.18. The molecule has 1 aliphatic rings. The van der Waals surface area contributed by atoms with Gasteiger partial charge in [-0.25, -0.2) is 0 Å². The zero-order chi connectivity index (χ0) is 8.43. The summed E-state index contributed by atoms with van der Waals surface area (Å²) >= 11 is 5.25. The summed E-state index contributed by atoms with van der Waals surface area (Å²) in [6.07, 6.45) is -3.65. The second kappa shape index (κ2) is 3.69. The van der Waals surface area contributed by atoms with Gasteiger partial charge in [0.25, 0.3) is 0 Å². The van der Waals surface area contributed by atoms with E-state index in [1.165, 1.54) is 0 Å². The van der Waals surface area contributed by atoms with Gasteiger partial charge in [0.1, 0.15) is 18.3 Å². The Morgan fingerprint density at radius 1 is 1.45 bits per heavy atom. The molecule has 0 aromatic rings. The molecule has 1 saturated heterocycles. The van der Waals surface area contributed by atoms with Gasteiger partial charge in [-0.05, 0) is 0 Å². The molecular formula is C6H11ClO4. The van der Waals surface area contributed by atoms with Gasteiger partial charge < -0.3 is 20.1 Å². The minimum atomic E-state index is -1.21. The second-order valence-corrected chi connectivity index (χ2v) is 2.88. The number of alkyl halides is 1. The summed E-state index contributed by atoms with van der Waals surface area (Å²) in [5.74, 6) is -0.0923. The molecule has 1 aliphatic heterocycles. The molecule has 0 aromatic heterocycles. The Morgan fingerprint density at radius 2 is 2.00 bits per heavy atom. The van der Waals surface area contributed by atoms with Crippen LogP contribution in [0.1, 0.15) is 0 Å². The van der Waals surface area contributed by atoms with Gasteiger partial charge in [0, 0.05) is 0 Å². The van der Waals surface area contributed by atoms with Crippen molar-refractivity contribution < 1.29 is 20.1 Å². The fourth-order valence-corrected chi connectivity index (χ4v) is 0.974. The summed E-state index contributed by atoms with van der Waals surface area (Å²) in [6.45, 7) is 0.438. The molecule has 11 heavy (non-hydrogen) atoms. The van der Waals surface area contributed by atoms with E-state index in [-0.39, 0.29) is 12.0 Å². The summed E-state index contributed by atoms with van der Waals surface area (Å²) in [4.78, 5) is 0. The molecule has 4 atom stereocenters. The van der Waals surface area contributed by atoms with Crippen LogP contribution in [0.15, 0.2) is 0 Å². The molecule has 1 unspecified atom stereocenters. The summed E-state index contributed by atoms with van der Waals surface area (Å²) < 4.78 is 4.72. The van der Waals surface area contributed by atoms with Gasteiger partial charge in [0.15, 0.2) is 0 Å². The van der Waals surface area contributed by atoms with Crippen LogP contribution in [0, 0.1) is 0 Å². The molecule has 0 bridgehead atoms. The van der Waals surface area contributed by atoms with Gasteiger partial charge in [0.05, 0.1) is 18.6 Å². The van der Waals surface area contributed by atoms with Crippen LogP contribution in [-0.2, 0) is 4.74 Å². The van der Waals surface area contributed by atoms with Gasteiger partial charge in [-0.15, -0.1) is 11.6 Å². The standard InChI is InChI=1S/C6H11ClO4/c7-1-3(8)5(9)6(10)4-2-11-4/h3-6,8-10H,1-2H2/t3-,4?,5+,6-/m1/s1. The van der Waals surface area contributed by atoms with Crippen molar-refractivity contribution in [3.63, 3.8) is 0 Å². The fraction of sp³-hybridized carbons (Fsp3) is 1.00. The van der Waals surface area contributed by atoms with E-state index in [1.807, 2.05) is 0 Å². The molecule has 0 spiro atoms. The minimum Gasteiger partial charge on any atom is -0.389 e. The molecule has 66 valence electrons. The lowest BCUT2D eigenvalue weighted by Gasteiger charge is -2.19. The van der Waals surface area contributed by atoms with Crippen LogP contribution in [0.5, 0.6) is 0 Å². The topological polar surface area (TPSA) is 73.2 Å². The van der Waals surface area contributed by atoms with Gasteiger partial charge >= 0.3 is 0 Å². The highest BCUT2D eigenvalue weighted by molar-refractivity contribution is 6.18. The first-order valence-corrected chi connectivity index (χ1v) is 3.92. The minimum absolute atomic E-state index is 0.0923. The Hall–Kier alpha value is 0.130. The first-order chi connectivity index (χ1) is 5.16. The van der Waals surface area contributed by atoms with Crippen LogP contribution in [-0.4, -0.2) is 52.2 Å². The molecule has 1 rings (SSSR count). The van der Waals surface area contributed by atoms with Gasteiger partial charge in [-0.3, -0.25) is 0 Å². The maximum atomic E-state index is 9.17. The molecule has 1 heterocycles. The number of epoxide rings is 1. The normalized spacial score (nSPS) is 31.1. The Bertz CT molecular complexity index is 128. The summed E-state index contributed by atoms with van der Waals surface area (Å²) in [5.41, 5.74) is 0. The van der Waals surface area contributed by atoms with Gasteiger partial charge in [-0.1, -0.05) is 0 Å². The number of halogens is 1. The number of ether oxygens (including phenoxy) is 1. The van der Waals surface area contributed by atoms with E-state index in [1.54, 1.807) is 0 Å². The molecule has 0 amide bonds. The Balaban J connectivity index is 2.31. The summed E-state index contributed by atoms with van der Waals surface area (Å²) in [5, 5.41) is 27.3. The zero-order valence-corrected chi connectivity index (χ0v) is 6.61. The van der Waals surface area contributed by atoms with E-state index >= 15 is 0 Å². The highest BCUT2D eigenvalue weighted by Gasteiger charge is 2.38. The average molecular weight is 183 g/mol. The van der Waals surface area contributed by atoms with Crippen LogP contribution in [0.2, 0.25) is 0 Å². The van der Waals surface area contributed by atoms with E-state index in [4.69, 9.17) is 31.7 Å². The van der Waals surface area contributed by atoms with Gasteiger partial charge in [-0.2, -0.15) is 0 Å². The number of hydrogen-bond donors (Lipinski definition) is 3. The second-order valence-electron chi connectivity index (χ2n) is 2.57. The molecule has 0 saturated carbocycles. The smallest absolute Gasteiger partial charge is 0.111 e. The van der Waals surface area contributed by atoms with E-state index < -0.39 is 18.3 Å². The third kappa shape index (κ3) is 2.28. The molecule has 0 radical (unpaired) electrons. The monoisotopic (exact) mass is 182 g/mol. The summed E-state index contributed by atoms with van der Waals surface area (Å²) in [7, 11) is 0. The molecule has 0 aromatic carbocycles. The van der Waals surface area contributed by atoms with E-state index in [0.717, 1.165) is 0 Å². The number of aliphatic hydroxyl groups excluding tert-OH is 3. The lowest BCUT2D eigenvalue weighted by Crippen LogP contribution is -2.41. The van der Waals surface area contributed by atoms with Crippen LogP contribution >= 0.6 is 11.6 Å². The number of aliphatic hydroxyl groups is 3. The van der Waals surface area contributed by atoms with Crippen LogP contribution in [0.3, 0.4) is 0 Å². The maximum Gasteiger partial charge on any atom is 0.111 e. The van der Waals surface area contributed by atoms with Crippen molar-refractivity contribution in [2.45, 2.75) is 24.4 Å². The third-order valence-corrected chi connectivity index (χ3v) is 1.96. The van der Waals surface area contributed by atoms with Crippen molar-refractivity contribution in [2.24, 2.45) is 0 Å². The van der Waals surface area contributed by atoms with Crippen LogP contribution < -0.4 is 0 Å². The van der Waals surface area contributed by atoms with Gasteiger partial charge in [0.2, 0.25) is 0 Å². The highest BCUT2D eigenvalue weighted by atomic mass is 35.5. The molecule has 5 heteroatoms. The van der Waals surface area contributed by atoms with Crippen LogP contribution in [0.25, 0.3) is 0 Å². The van der Waals surface area contributed by atoms with Crippen molar-refractivity contribution in [2.75, 3.05) is 12.5 Å². The number of hydrogen-bond acceptors (Lipinski definition) is 4. The summed E-state index contributed by atoms with van der Waals surface area (Å²) in [6, 6.07) is 0. The largest absolute Gasteiger partial charge is 0.389 e. The number of rotatable bonds is 4. The molecule has 0 aliphatic carbocycles. The molecule has 4 nitrogen and oxygen atoms in total. The Labute approximate surface area is 69.4 Å².